The second kappa shape index (κ2) is 43.3. The molecule has 0 heterocycles. The molecule has 0 aliphatic rings. The standard InChI is InChI=1S/2C6H14.2C6H12/c4*1-3-5-6-4-2/h2*3-6H2,1-2H3;2*3H,1,4-6H2,2H3. The fourth-order valence-electron chi connectivity index (χ4n) is 1.70. The highest BCUT2D eigenvalue weighted by Crippen LogP contribution is 1.96. The number of unbranched alkanes of at least 4 members (excludes halogenated alkanes) is 10. The molecule has 0 N–H and O–H groups in total. The van der Waals surface area contributed by atoms with Crippen molar-refractivity contribution in [3.05, 3.63) is 25.3 Å². The Morgan fingerprint density at radius 3 is 0.708 bits per heavy atom. The molecule has 0 rings (SSSR count). The van der Waals surface area contributed by atoms with Crippen molar-refractivity contribution in [2.75, 3.05) is 0 Å². The third-order valence-electron chi connectivity index (χ3n) is 3.44. The molecule has 0 heteroatoms. The van der Waals surface area contributed by atoms with E-state index in [1.54, 1.807) is 0 Å². The smallest absolute Gasteiger partial charge is 0.0354 e. The lowest BCUT2D eigenvalue weighted by molar-refractivity contribution is 0.702. The van der Waals surface area contributed by atoms with Crippen LogP contribution in [0.1, 0.15) is 131 Å². The van der Waals surface area contributed by atoms with Crippen molar-refractivity contribution in [1.29, 1.82) is 0 Å². The van der Waals surface area contributed by atoms with Crippen LogP contribution in [0.2, 0.25) is 0 Å². The van der Waals surface area contributed by atoms with Crippen LogP contribution in [-0.4, -0.2) is 0 Å². The van der Waals surface area contributed by atoms with Crippen molar-refractivity contribution in [3.8, 4) is 0 Å². The maximum atomic E-state index is 3.60. The third kappa shape index (κ3) is 68.4. The van der Waals surface area contributed by atoms with E-state index in [4.69, 9.17) is 0 Å². The van der Waals surface area contributed by atoms with Crippen molar-refractivity contribution < 1.29 is 0 Å². The molecule has 0 bridgehead atoms. The van der Waals surface area contributed by atoms with Gasteiger partial charge in [-0.05, 0) is 12.8 Å². The Balaban J connectivity index is -0.000000111. The van der Waals surface area contributed by atoms with Crippen LogP contribution in [0.25, 0.3) is 0 Å². The zero-order valence-corrected chi connectivity index (χ0v) is 18.5. The van der Waals surface area contributed by atoms with Gasteiger partial charge in [-0.2, -0.15) is 0 Å². The van der Waals surface area contributed by atoms with E-state index >= 15 is 0 Å². The normalized spacial score (nSPS) is 8.58. The Hall–Kier alpha value is -0.520. The summed E-state index contributed by atoms with van der Waals surface area (Å²) in [5.41, 5.74) is 0. The van der Waals surface area contributed by atoms with Crippen LogP contribution >= 0.6 is 0 Å². The fraction of sp³-hybridized carbons (Fsp3) is 0.833. The molecule has 0 saturated carbocycles. The molecule has 0 aromatic carbocycles. The first-order valence-corrected chi connectivity index (χ1v) is 10.9. The predicted molar refractivity (Wildman–Crippen MR) is 119 cm³/mol. The molecule has 0 aliphatic carbocycles. The van der Waals surface area contributed by atoms with Crippen LogP contribution in [0.4, 0.5) is 0 Å². The summed E-state index contributed by atoms with van der Waals surface area (Å²) in [4.78, 5) is 0. The zero-order valence-electron chi connectivity index (χ0n) is 18.5. The van der Waals surface area contributed by atoms with E-state index in [2.05, 4.69) is 54.7 Å². The number of hydrogen-bond acceptors (Lipinski definition) is 0. The molecule has 0 saturated heterocycles. The lowest BCUT2D eigenvalue weighted by atomic mass is 10.2. The Labute approximate surface area is 157 Å². The monoisotopic (exact) mass is 340 g/mol. The molecule has 0 aromatic rings. The van der Waals surface area contributed by atoms with Gasteiger partial charge in [-0.15, -0.1) is 13.2 Å². The van der Waals surface area contributed by atoms with Gasteiger partial charge in [0.05, 0.1) is 0 Å². The average Bonchev–Trinajstić information content (AvgIpc) is 2.62. The van der Waals surface area contributed by atoms with Crippen LogP contribution in [0, 0.1) is 0 Å². The summed E-state index contributed by atoms with van der Waals surface area (Å²) in [6.45, 7) is 20.5. The molecule has 24 heavy (non-hydrogen) atoms. The molecule has 0 fully saturated rings. The van der Waals surface area contributed by atoms with Crippen molar-refractivity contribution in [1.82, 2.24) is 0 Å². The molecule has 148 valence electrons. The molecular formula is C24H52. The van der Waals surface area contributed by atoms with Gasteiger partial charge in [0.1, 0.15) is 0 Å². The van der Waals surface area contributed by atoms with Crippen molar-refractivity contribution in [2.45, 2.75) is 131 Å². The van der Waals surface area contributed by atoms with Crippen LogP contribution < -0.4 is 0 Å². The molecule has 0 amide bonds. The molecule has 0 aromatic heterocycles. The van der Waals surface area contributed by atoms with E-state index in [9.17, 15) is 0 Å². The number of allylic oxidation sites excluding steroid dienone is 2. The first-order valence-electron chi connectivity index (χ1n) is 10.9. The Kier molecular flexibility index (Phi) is 56.4. The second-order valence-corrected chi connectivity index (χ2v) is 6.28. The fourth-order valence-corrected chi connectivity index (χ4v) is 1.70. The van der Waals surface area contributed by atoms with Crippen molar-refractivity contribution in [2.24, 2.45) is 0 Å². The van der Waals surface area contributed by atoms with Gasteiger partial charge < -0.3 is 0 Å². The highest BCUT2D eigenvalue weighted by molar-refractivity contribution is 4.64. The average molecular weight is 341 g/mol. The van der Waals surface area contributed by atoms with Gasteiger partial charge in [-0.1, -0.05) is 131 Å². The molecule has 0 nitrogen and oxygen atoms in total. The third-order valence-corrected chi connectivity index (χ3v) is 3.44. The summed E-state index contributed by atoms with van der Waals surface area (Å²) < 4.78 is 0. The van der Waals surface area contributed by atoms with Crippen LogP contribution in [0.3, 0.4) is 0 Å². The SMILES string of the molecule is C=CCCCC.C=CCCCC.CCCCCC.CCCCCC. The lowest BCUT2D eigenvalue weighted by Crippen LogP contribution is -1.66. The van der Waals surface area contributed by atoms with Gasteiger partial charge in [-0.3, -0.25) is 0 Å². The van der Waals surface area contributed by atoms with Crippen LogP contribution in [0.5, 0.6) is 0 Å². The quantitative estimate of drug-likeness (QED) is 0.245. The Morgan fingerprint density at radius 1 is 0.417 bits per heavy atom. The Morgan fingerprint density at radius 2 is 0.625 bits per heavy atom. The largest absolute Gasteiger partial charge is 0.103 e. The highest BCUT2D eigenvalue weighted by Gasteiger charge is 1.76. The minimum absolute atomic E-state index is 1.18. The summed E-state index contributed by atoms with van der Waals surface area (Å²) >= 11 is 0. The van der Waals surface area contributed by atoms with E-state index in [1.165, 1.54) is 89.9 Å². The Bertz CT molecular complexity index is 141. The first kappa shape index (κ1) is 31.3. The van der Waals surface area contributed by atoms with Crippen molar-refractivity contribution in [3.63, 3.8) is 0 Å². The maximum absolute atomic E-state index is 3.60. The van der Waals surface area contributed by atoms with E-state index < -0.39 is 0 Å². The van der Waals surface area contributed by atoms with Crippen LogP contribution in [-0.2, 0) is 0 Å². The molecule has 0 atom stereocenters. The molecule has 0 aliphatic heterocycles. The highest BCUT2D eigenvalue weighted by atomic mass is 13.8. The number of hydrogen-bond donors (Lipinski definition) is 0. The van der Waals surface area contributed by atoms with Crippen LogP contribution in [0.15, 0.2) is 25.3 Å². The first-order chi connectivity index (χ1) is 11.7. The summed E-state index contributed by atoms with van der Waals surface area (Å²) in [5, 5.41) is 0. The summed E-state index contributed by atoms with van der Waals surface area (Å²) in [5.74, 6) is 0. The minimum atomic E-state index is 1.18. The van der Waals surface area contributed by atoms with Gasteiger partial charge >= 0.3 is 0 Å². The summed E-state index contributed by atoms with van der Waals surface area (Å²) in [6, 6.07) is 0. The van der Waals surface area contributed by atoms with Gasteiger partial charge in [-0.25, -0.2) is 0 Å². The van der Waals surface area contributed by atoms with E-state index in [0.717, 1.165) is 0 Å². The zero-order chi connectivity index (χ0) is 19.3. The minimum Gasteiger partial charge on any atom is -0.103 e. The van der Waals surface area contributed by atoms with E-state index in [-0.39, 0.29) is 0 Å². The molecule has 0 radical (unpaired) electrons. The second-order valence-electron chi connectivity index (χ2n) is 6.28. The molecule has 0 unspecified atom stereocenters. The van der Waals surface area contributed by atoms with Crippen molar-refractivity contribution >= 4 is 0 Å². The predicted octanol–water partition coefficient (Wildman–Crippen LogP) is 9.90. The molecule has 0 spiro atoms. The number of rotatable bonds is 12. The summed E-state index contributed by atoms with van der Waals surface area (Å²) in [7, 11) is 0. The maximum Gasteiger partial charge on any atom is -0.0354 e. The molecular weight excluding hydrogens is 288 g/mol. The topological polar surface area (TPSA) is 0 Å². The van der Waals surface area contributed by atoms with Gasteiger partial charge in [0, 0.05) is 0 Å². The van der Waals surface area contributed by atoms with Gasteiger partial charge in [0.2, 0.25) is 0 Å². The van der Waals surface area contributed by atoms with Gasteiger partial charge in [0.25, 0.3) is 0 Å². The summed E-state index contributed by atoms with van der Waals surface area (Å²) in [6.07, 6.45) is 22.5. The van der Waals surface area contributed by atoms with E-state index in [1.807, 2.05) is 12.2 Å². The van der Waals surface area contributed by atoms with E-state index in [0.29, 0.717) is 0 Å². The van der Waals surface area contributed by atoms with Gasteiger partial charge in [0.15, 0.2) is 0 Å². The lowest BCUT2D eigenvalue weighted by Gasteiger charge is -1.86.